The van der Waals surface area contributed by atoms with Crippen LogP contribution in [-0.2, 0) is 4.79 Å². The first-order valence-corrected chi connectivity index (χ1v) is 7.06. The fourth-order valence-electron chi connectivity index (χ4n) is 2.18. The molecule has 0 saturated heterocycles. The van der Waals surface area contributed by atoms with Gasteiger partial charge in [-0.2, -0.15) is 0 Å². The molecule has 0 aliphatic heterocycles. The van der Waals surface area contributed by atoms with Gasteiger partial charge in [0.25, 0.3) is 0 Å². The van der Waals surface area contributed by atoms with Gasteiger partial charge in [0, 0.05) is 6.42 Å². The predicted octanol–water partition coefficient (Wildman–Crippen LogP) is 2.12. The number of para-hydroxylation sites is 2. The molecule has 5 heteroatoms. The van der Waals surface area contributed by atoms with Gasteiger partial charge in [0.15, 0.2) is 0 Å². The lowest BCUT2D eigenvalue weighted by Gasteiger charge is -2.20. The molecule has 2 aromatic rings. The van der Waals surface area contributed by atoms with Crippen molar-refractivity contribution in [3.8, 4) is 0 Å². The first-order valence-electron chi connectivity index (χ1n) is 7.06. The Morgan fingerprint density at radius 1 is 1.40 bits per heavy atom. The number of rotatable bonds is 6. The molecule has 0 saturated carbocycles. The summed E-state index contributed by atoms with van der Waals surface area (Å²) in [5.74, 6) is 1.09. The molecule has 0 aliphatic carbocycles. The number of H-pyrrole nitrogens is 1. The van der Waals surface area contributed by atoms with E-state index in [-0.39, 0.29) is 17.9 Å². The Morgan fingerprint density at radius 2 is 2.15 bits per heavy atom. The van der Waals surface area contributed by atoms with E-state index in [1.165, 1.54) is 0 Å². The minimum Gasteiger partial charge on any atom is -0.346 e. The molecule has 108 valence electrons. The first kappa shape index (κ1) is 14.5. The van der Waals surface area contributed by atoms with Gasteiger partial charge in [-0.25, -0.2) is 4.98 Å². The van der Waals surface area contributed by atoms with E-state index in [0.29, 0.717) is 19.4 Å². The van der Waals surface area contributed by atoms with Gasteiger partial charge < -0.3 is 16.0 Å². The smallest absolute Gasteiger partial charge is 0.220 e. The third kappa shape index (κ3) is 3.36. The Balaban J connectivity index is 2.17. The average molecular weight is 274 g/mol. The molecule has 1 amide bonds. The van der Waals surface area contributed by atoms with Gasteiger partial charge in [0.05, 0.1) is 17.1 Å². The molecule has 1 aromatic heterocycles. The number of imidazole rings is 1. The van der Waals surface area contributed by atoms with Crippen molar-refractivity contribution in [3.63, 3.8) is 0 Å². The summed E-state index contributed by atoms with van der Waals surface area (Å²) in [6.45, 7) is 4.67. The Kier molecular flexibility index (Phi) is 4.74. The van der Waals surface area contributed by atoms with Crippen molar-refractivity contribution in [1.29, 1.82) is 0 Å². The highest BCUT2D eigenvalue weighted by Gasteiger charge is 2.21. The van der Waals surface area contributed by atoms with E-state index in [9.17, 15) is 4.79 Å². The van der Waals surface area contributed by atoms with Gasteiger partial charge in [-0.05, 0) is 31.0 Å². The molecule has 1 unspecified atom stereocenters. The van der Waals surface area contributed by atoms with Crippen molar-refractivity contribution in [2.75, 3.05) is 6.54 Å². The molecule has 1 atom stereocenters. The van der Waals surface area contributed by atoms with Crippen LogP contribution in [0.15, 0.2) is 24.3 Å². The van der Waals surface area contributed by atoms with E-state index in [1.807, 2.05) is 24.3 Å². The van der Waals surface area contributed by atoms with E-state index in [0.717, 1.165) is 16.9 Å². The van der Waals surface area contributed by atoms with E-state index >= 15 is 0 Å². The number of fused-ring (bicyclic) bond motifs is 1. The summed E-state index contributed by atoms with van der Waals surface area (Å²) in [5, 5.41) is 3.04. The van der Waals surface area contributed by atoms with Crippen molar-refractivity contribution in [1.82, 2.24) is 15.3 Å². The summed E-state index contributed by atoms with van der Waals surface area (Å²) in [7, 11) is 0. The zero-order valence-electron chi connectivity index (χ0n) is 12.0. The molecule has 5 nitrogen and oxygen atoms in total. The van der Waals surface area contributed by atoms with Gasteiger partial charge in [-0.1, -0.05) is 26.0 Å². The van der Waals surface area contributed by atoms with Crippen molar-refractivity contribution in [2.24, 2.45) is 11.7 Å². The fourth-order valence-corrected chi connectivity index (χ4v) is 2.18. The highest BCUT2D eigenvalue weighted by molar-refractivity contribution is 5.77. The Morgan fingerprint density at radius 3 is 2.80 bits per heavy atom. The number of aromatic nitrogens is 2. The lowest BCUT2D eigenvalue weighted by atomic mass is 10.0. The standard InChI is InChI=1S/C15H22N4O/c1-10(2)14(19-13(20)8-5-9-16)15-17-11-6-3-4-7-12(11)18-15/h3-4,6-7,10,14H,5,8-9,16H2,1-2H3,(H,17,18)(H,19,20). The third-order valence-electron chi connectivity index (χ3n) is 3.29. The number of nitrogens with two attached hydrogens (primary N) is 1. The van der Waals surface area contributed by atoms with Crippen LogP contribution in [0.3, 0.4) is 0 Å². The summed E-state index contributed by atoms with van der Waals surface area (Å²) in [6.07, 6.45) is 1.16. The summed E-state index contributed by atoms with van der Waals surface area (Å²) in [4.78, 5) is 19.8. The zero-order valence-corrected chi connectivity index (χ0v) is 12.0. The molecule has 20 heavy (non-hydrogen) atoms. The minimum atomic E-state index is -0.104. The Bertz CT molecular complexity index is 543. The number of aromatic amines is 1. The average Bonchev–Trinajstić information content (AvgIpc) is 2.85. The molecular weight excluding hydrogens is 252 g/mol. The molecule has 2 rings (SSSR count). The van der Waals surface area contributed by atoms with E-state index in [1.54, 1.807) is 0 Å². The molecule has 4 N–H and O–H groups in total. The Hall–Kier alpha value is -1.88. The number of nitrogens with zero attached hydrogens (tertiary/aromatic N) is 1. The highest BCUT2D eigenvalue weighted by Crippen LogP contribution is 2.22. The molecule has 1 aromatic carbocycles. The van der Waals surface area contributed by atoms with E-state index in [4.69, 9.17) is 5.73 Å². The zero-order chi connectivity index (χ0) is 14.5. The monoisotopic (exact) mass is 274 g/mol. The molecular formula is C15H22N4O. The second-order valence-corrected chi connectivity index (χ2v) is 5.32. The number of benzene rings is 1. The normalized spacial score (nSPS) is 12.8. The second kappa shape index (κ2) is 6.52. The van der Waals surface area contributed by atoms with Crippen molar-refractivity contribution in [2.45, 2.75) is 32.7 Å². The Labute approximate surface area is 119 Å². The number of carbonyl (C=O) groups excluding carboxylic acids is 1. The minimum absolute atomic E-state index is 0.0228. The number of hydrogen-bond acceptors (Lipinski definition) is 3. The molecule has 0 fully saturated rings. The third-order valence-corrected chi connectivity index (χ3v) is 3.29. The first-order chi connectivity index (χ1) is 9.61. The number of carbonyl (C=O) groups is 1. The van der Waals surface area contributed by atoms with E-state index < -0.39 is 0 Å². The fraction of sp³-hybridized carbons (Fsp3) is 0.467. The van der Waals surface area contributed by atoms with E-state index in [2.05, 4.69) is 29.1 Å². The molecule has 0 bridgehead atoms. The lowest BCUT2D eigenvalue weighted by molar-refractivity contribution is -0.122. The molecule has 0 aliphatic rings. The SMILES string of the molecule is CC(C)C(NC(=O)CCCN)c1nc2ccccc2[nH]1. The van der Waals surface area contributed by atoms with Crippen LogP contribution in [-0.4, -0.2) is 22.4 Å². The molecule has 0 spiro atoms. The quantitative estimate of drug-likeness (QED) is 0.754. The molecule has 1 heterocycles. The summed E-state index contributed by atoms with van der Waals surface area (Å²) < 4.78 is 0. The maximum atomic E-state index is 11.9. The largest absolute Gasteiger partial charge is 0.346 e. The van der Waals surface area contributed by atoms with Crippen molar-refractivity contribution in [3.05, 3.63) is 30.1 Å². The summed E-state index contributed by atoms with van der Waals surface area (Å²) in [5.41, 5.74) is 7.34. The van der Waals surface area contributed by atoms with Crippen LogP contribution in [0.5, 0.6) is 0 Å². The van der Waals surface area contributed by atoms with Gasteiger partial charge >= 0.3 is 0 Å². The van der Waals surface area contributed by atoms with Crippen LogP contribution in [0.4, 0.5) is 0 Å². The van der Waals surface area contributed by atoms with Crippen LogP contribution in [0.1, 0.15) is 38.6 Å². The van der Waals surface area contributed by atoms with Crippen LogP contribution < -0.4 is 11.1 Å². The maximum Gasteiger partial charge on any atom is 0.220 e. The summed E-state index contributed by atoms with van der Waals surface area (Å²) >= 11 is 0. The van der Waals surface area contributed by atoms with Gasteiger partial charge in [-0.3, -0.25) is 4.79 Å². The van der Waals surface area contributed by atoms with Gasteiger partial charge in [0.1, 0.15) is 5.82 Å². The predicted molar refractivity (Wildman–Crippen MR) is 80.1 cm³/mol. The number of nitrogens with one attached hydrogen (secondary N) is 2. The van der Waals surface area contributed by atoms with Crippen LogP contribution >= 0.6 is 0 Å². The van der Waals surface area contributed by atoms with Crippen LogP contribution in [0.25, 0.3) is 11.0 Å². The summed E-state index contributed by atoms with van der Waals surface area (Å²) in [6, 6.07) is 7.77. The van der Waals surface area contributed by atoms with Crippen LogP contribution in [0.2, 0.25) is 0 Å². The van der Waals surface area contributed by atoms with Crippen LogP contribution in [0, 0.1) is 5.92 Å². The van der Waals surface area contributed by atoms with Gasteiger partial charge in [-0.15, -0.1) is 0 Å². The lowest BCUT2D eigenvalue weighted by Crippen LogP contribution is -2.32. The molecule has 0 radical (unpaired) electrons. The topological polar surface area (TPSA) is 83.8 Å². The van der Waals surface area contributed by atoms with Gasteiger partial charge in [0.2, 0.25) is 5.91 Å². The maximum absolute atomic E-state index is 11.9. The number of hydrogen-bond donors (Lipinski definition) is 3. The highest BCUT2D eigenvalue weighted by atomic mass is 16.1. The van der Waals surface area contributed by atoms with Crippen molar-refractivity contribution >= 4 is 16.9 Å². The number of amides is 1. The van der Waals surface area contributed by atoms with Crippen molar-refractivity contribution < 1.29 is 4.79 Å². The second-order valence-electron chi connectivity index (χ2n) is 5.32.